The summed E-state index contributed by atoms with van der Waals surface area (Å²) in [5.74, 6) is 0.692. The van der Waals surface area contributed by atoms with Crippen molar-refractivity contribution in [3.63, 3.8) is 0 Å². The minimum Gasteiger partial charge on any atom is -0.493 e. The average Bonchev–Trinajstić information content (AvgIpc) is 2.76. The second kappa shape index (κ2) is 7.90. The first-order valence-electron chi connectivity index (χ1n) is 8.79. The number of fused-ring (bicyclic) bond motifs is 1. The maximum atomic E-state index is 12.8. The number of esters is 1. The lowest BCUT2D eigenvalue weighted by molar-refractivity contribution is 0.0735. The number of rotatable bonds is 5. The highest BCUT2D eigenvalue weighted by Gasteiger charge is 2.14. The molecule has 0 unspecified atom stereocenters. The smallest absolute Gasteiger partial charge is 0.343 e. The zero-order chi connectivity index (χ0) is 20.2. The van der Waals surface area contributed by atoms with Gasteiger partial charge >= 0.3 is 5.97 Å². The molecule has 0 saturated heterocycles. The van der Waals surface area contributed by atoms with E-state index in [0.717, 1.165) is 0 Å². The van der Waals surface area contributed by atoms with Gasteiger partial charge in [0.2, 0.25) is 11.2 Å². The normalized spacial score (nSPS) is 10.5. The summed E-state index contributed by atoms with van der Waals surface area (Å²) in [5.41, 5.74) is 0.355. The molecule has 0 amide bonds. The standard InChI is InChI=1S/C23H16O6/c1-26-18-9-5-6-10-19(18)29-21-14-27-20-13-16(11-12-17(20)22(21)24)28-23(25)15-7-3-2-4-8-15/h2-14H,1H3. The summed E-state index contributed by atoms with van der Waals surface area (Å²) in [5, 5.41) is 0.303. The highest BCUT2D eigenvalue weighted by Crippen LogP contribution is 2.30. The molecule has 0 radical (unpaired) electrons. The summed E-state index contributed by atoms with van der Waals surface area (Å²) in [6.07, 6.45) is 1.22. The number of ether oxygens (including phenoxy) is 3. The molecular weight excluding hydrogens is 372 g/mol. The van der Waals surface area contributed by atoms with Crippen molar-refractivity contribution in [2.45, 2.75) is 0 Å². The Kier molecular flexibility index (Phi) is 4.99. The van der Waals surface area contributed by atoms with Crippen LogP contribution >= 0.6 is 0 Å². The maximum absolute atomic E-state index is 12.8. The molecule has 1 aromatic heterocycles. The molecule has 0 N–H and O–H groups in total. The highest BCUT2D eigenvalue weighted by molar-refractivity contribution is 5.91. The lowest BCUT2D eigenvalue weighted by Crippen LogP contribution is -2.09. The Morgan fingerprint density at radius 1 is 0.862 bits per heavy atom. The minimum atomic E-state index is -0.497. The first-order valence-corrected chi connectivity index (χ1v) is 8.79. The first-order chi connectivity index (χ1) is 14.2. The Balaban J connectivity index is 1.62. The lowest BCUT2D eigenvalue weighted by Gasteiger charge is -2.10. The summed E-state index contributed by atoms with van der Waals surface area (Å²) in [6, 6.07) is 20.2. The van der Waals surface area contributed by atoms with Crippen LogP contribution in [0.1, 0.15) is 10.4 Å². The average molecular weight is 388 g/mol. The fourth-order valence-electron chi connectivity index (χ4n) is 2.79. The van der Waals surface area contributed by atoms with Gasteiger partial charge in [-0.2, -0.15) is 0 Å². The van der Waals surface area contributed by atoms with Crippen LogP contribution in [0.2, 0.25) is 0 Å². The summed E-state index contributed by atoms with van der Waals surface area (Å²) < 4.78 is 21.8. The molecule has 0 aliphatic rings. The molecule has 0 fully saturated rings. The van der Waals surface area contributed by atoms with E-state index in [1.807, 2.05) is 6.07 Å². The predicted molar refractivity (Wildman–Crippen MR) is 107 cm³/mol. The van der Waals surface area contributed by atoms with Gasteiger partial charge in [0.05, 0.1) is 18.1 Å². The molecular formula is C23H16O6. The van der Waals surface area contributed by atoms with E-state index in [-0.39, 0.29) is 22.5 Å². The number of benzene rings is 3. The van der Waals surface area contributed by atoms with Crippen molar-refractivity contribution in [2.24, 2.45) is 0 Å². The van der Waals surface area contributed by atoms with Gasteiger partial charge < -0.3 is 18.6 Å². The van der Waals surface area contributed by atoms with Gasteiger partial charge in [0.25, 0.3) is 0 Å². The summed E-state index contributed by atoms with van der Waals surface area (Å²) in [4.78, 5) is 24.9. The number of methoxy groups -OCH3 is 1. The van der Waals surface area contributed by atoms with E-state index in [4.69, 9.17) is 18.6 Å². The second-order valence-corrected chi connectivity index (χ2v) is 6.10. The highest BCUT2D eigenvalue weighted by atomic mass is 16.5. The van der Waals surface area contributed by atoms with Crippen molar-refractivity contribution in [1.82, 2.24) is 0 Å². The van der Waals surface area contributed by atoms with E-state index < -0.39 is 5.97 Å². The Bertz CT molecular complexity index is 1230. The van der Waals surface area contributed by atoms with Crippen molar-refractivity contribution in [2.75, 3.05) is 7.11 Å². The third-order valence-electron chi connectivity index (χ3n) is 4.22. The Morgan fingerprint density at radius 3 is 2.34 bits per heavy atom. The molecule has 0 aliphatic heterocycles. The van der Waals surface area contributed by atoms with Crippen LogP contribution in [0.4, 0.5) is 0 Å². The van der Waals surface area contributed by atoms with E-state index in [0.29, 0.717) is 22.4 Å². The van der Waals surface area contributed by atoms with Crippen LogP contribution in [-0.2, 0) is 0 Å². The van der Waals surface area contributed by atoms with Crippen LogP contribution in [0, 0.1) is 0 Å². The third kappa shape index (κ3) is 3.82. The molecule has 4 rings (SSSR count). The predicted octanol–water partition coefficient (Wildman–Crippen LogP) is 4.81. The molecule has 0 bridgehead atoms. The van der Waals surface area contributed by atoms with Gasteiger partial charge in [-0.05, 0) is 36.4 Å². The maximum Gasteiger partial charge on any atom is 0.343 e. The van der Waals surface area contributed by atoms with Gasteiger partial charge in [-0.25, -0.2) is 4.79 Å². The molecule has 29 heavy (non-hydrogen) atoms. The zero-order valence-corrected chi connectivity index (χ0v) is 15.5. The number of para-hydroxylation sites is 2. The molecule has 4 aromatic rings. The van der Waals surface area contributed by atoms with E-state index >= 15 is 0 Å². The summed E-state index contributed by atoms with van der Waals surface area (Å²) >= 11 is 0. The lowest BCUT2D eigenvalue weighted by atomic mass is 10.2. The molecule has 3 aromatic carbocycles. The quantitative estimate of drug-likeness (QED) is 0.361. The molecule has 0 spiro atoms. The van der Waals surface area contributed by atoms with Crippen LogP contribution < -0.4 is 19.6 Å². The van der Waals surface area contributed by atoms with Gasteiger partial charge in [-0.15, -0.1) is 0 Å². The van der Waals surface area contributed by atoms with Gasteiger partial charge in [-0.1, -0.05) is 30.3 Å². The fraction of sp³-hybridized carbons (Fsp3) is 0.0435. The monoisotopic (exact) mass is 388 g/mol. The fourth-order valence-corrected chi connectivity index (χ4v) is 2.79. The molecule has 6 heteroatoms. The van der Waals surface area contributed by atoms with E-state index in [9.17, 15) is 9.59 Å². The van der Waals surface area contributed by atoms with Crippen LogP contribution in [0.3, 0.4) is 0 Å². The van der Waals surface area contributed by atoms with Gasteiger partial charge in [-0.3, -0.25) is 4.79 Å². The molecule has 0 saturated carbocycles. The van der Waals surface area contributed by atoms with Crippen molar-refractivity contribution in [1.29, 1.82) is 0 Å². The van der Waals surface area contributed by atoms with Gasteiger partial charge in [0.1, 0.15) is 17.6 Å². The Labute approximate surface area is 165 Å². The summed E-state index contributed by atoms with van der Waals surface area (Å²) in [7, 11) is 1.52. The van der Waals surface area contributed by atoms with Crippen molar-refractivity contribution >= 4 is 16.9 Å². The molecule has 6 nitrogen and oxygen atoms in total. The van der Waals surface area contributed by atoms with Crippen LogP contribution in [-0.4, -0.2) is 13.1 Å². The van der Waals surface area contributed by atoms with Crippen LogP contribution in [0.25, 0.3) is 11.0 Å². The third-order valence-corrected chi connectivity index (χ3v) is 4.22. The van der Waals surface area contributed by atoms with Gasteiger partial charge in [0, 0.05) is 6.07 Å². The Morgan fingerprint density at radius 2 is 1.59 bits per heavy atom. The second-order valence-electron chi connectivity index (χ2n) is 6.10. The van der Waals surface area contributed by atoms with Gasteiger partial charge in [0.15, 0.2) is 11.5 Å². The van der Waals surface area contributed by atoms with Crippen molar-refractivity contribution in [3.8, 4) is 23.0 Å². The summed E-state index contributed by atoms with van der Waals surface area (Å²) in [6.45, 7) is 0. The number of hydrogen-bond acceptors (Lipinski definition) is 6. The van der Waals surface area contributed by atoms with E-state index in [2.05, 4.69) is 0 Å². The molecule has 0 atom stereocenters. The van der Waals surface area contributed by atoms with Crippen LogP contribution in [0.15, 0.2) is 88.3 Å². The first kappa shape index (κ1) is 18.3. The van der Waals surface area contributed by atoms with Crippen molar-refractivity contribution in [3.05, 3.63) is 94.8 Å². The number of hydrogen-bond donors (Lipinski definition) is 0. The van der Waals surface area contributed by atoms with Crippen LogP contribution in [0.5, 0.6) is 23.0 Å². The molecule has 1 heterocycles. The SMILES string of the molecule is COc1ccccc1Oc1coc2cc(OC(=O)c3ccccc3)ccc2c1=O. The van der Waals surface area contributed by atoms with E-state index in [1.54, 1.807) is 48.5 Å². The zero-order valence-electron chi connectivity index (χ0n) is 15.5. The number of carbonyl (C=O) groups excluding carboxylic acids is 1. The largest absolute Gasteiger partial charge is 0.493 e. The number of carbonyl (C=O) groups is 1. The molecule has 144 valence electrons. The van der Waals surface area contributed by atoms with Crippen molar-refractivity contribution < 1.29 is 23.4 Å². The van der Waals surface area contributed by atoms with E-state index in [1.165, 1.54) is 31.6 Å². The Hall–Kier alpha value is -4.06. The molecule has 0 aliphatic carbocycles. The topological polar surface area (TPSA) is 75.0 Å². The minimum absolute atomic E-state index is 0.0241.